The van der Waals surface area contributed by atoms with Crippen LogP contribution in [0.4, 0.5) is 0 Å². The molecule has 3 unspecified atom stereocenters. The maximum Gasteiger partial charge on any atom is 0.234 e. The molecule has 0 saturated carbocycles. The van der Waals surface area contributed by atoms with Crippen molar-refractivity contribution in [2.24, 2.45) is 5.41 Å². The molecule has 0 radical (unpaired) electrons. The number of aliphatic hydroxyl groups is 1. The van der Waals surface area contributed by atoms with E-state index in [0.29, 0.717) is 25.0 Å². The highest BCUT2D eigenvalue weighted by molar-refractivity contribution is 5.87. The summed E-state index contributed by atoms with van der Waals surface area (Å²) in [5, 5.41) is 12.0. The summed E-state index contributed by atoms with van der Waals surface area (Å²) in [6.45, 7) is 2.39. The molecule has 148 valence electrons. The third-order valence-corrected chi connectivity index (χ3v) is 6.43. The molecule has 4 atom stereocenters. The van der Waals surface area contributed by atoms with Crippen molar-refractivity contribution in [1.29, 1.82) is 0 Å². The van der Waals surface area contributed by atoms with E-state index in [9.17, 15) is 9.90 Å². The Morgan fingerprint density at radius 3 is 2.25 bits per heavy atom. The quantitative estimate of drug-likeness (QED) is 0.884. The normalized spacial score (nSPS) is 35.1. The lowest BCUT2D eigenvalue weighted by Crippen LogP contribution is -2.47. The molecule has 0 aromatic heterocycles. The number of nitrogens with zero attached hydrogens (tertiary/aromatic N) is 1. The maximum atomic E-state index is 13.6. The van der Waals surface area contributed by atoms with Gasteiger partial charge < -0.3 is 19.5 Å². The van der Waals surface area contributed by atoms with Crippen LogP contribution in [0.2, 0.25) is 0 Å². The standard InChI is InChI=1S/C23H27NO4/c1-21(17-10-6-4-7-11-17)16-22(14-19(15-27-3)24(2)20(22)25)23(26,28-21)18-12-8-5-9-13-18/h4-13,19,26H,14-16H2,1-3H3/t19-,21?,22?,23?/m0/s1. The van der Waals surface area contributed by atoms with Gasteiger partial charge in [0.05, 0.1) is 18.2 Å². The van der Waals surface area contributed by atoms with E-state index in [1.54, 1.807) is 19.1 Å². The van der Waals surface area contributed by atoms with E-state index in [2.05, 4.69) is 0 Å². The Morgan fingerprint density at radius 2 is 1.68 bits per heavy atom. The molecule has 5 heteroatoms. The lowest BCUT2D eigenvalue weighted by molar-refractivity contribution is -0.264. The number of hydrogen-bond donors (Lipinski definition) is 1. The molecule has 2 aliphatic rings. The van der Waals surface area contributed by atoms with Crippen LogP contribution in [0.25, 0.3) is 0 Å². The van der Waals surface area contributed by atoms with Gasteiger partial charge >= 0.3 is 0 Å². The van der Waals surface area contributed by atoms with Gasteiger partial charge in [-0.3, -0.25) is 4.79 Å². The number of amides is 1. The van der Waals surface area contributed by atoms with Gasteiger partial charge in [0.15, 0.2) is 0 Å². The fourth-order valence-electron chi connectivity index (χ4n) is 5.03. The zero-order valence-electron chi connectivity index (χ0n) is 16.6. The van der Waals surface area contributed by atoms with E-state index >= 15 is 0 Å². The molecule has 2 saturated heterocycles. The molecule has 2 heterocycles. The first-order valence-corrected chi connectivity index (χ1v) is 9.66. The van der Waals surface area contributed by atoms with Gasteiger partial charge in [-0.05, 0) is 18.9 Å². The van der Waals surface area contributed by atoms with E-state index in [1.807, 2.05) is 67.6 Å². The van der Waals surface area contributed by atoms with Crippen LogP contribution in [0, 0.1) is 5.41 Å². The van der Waals surface area contributed by atoms with Gasteiger partial charge in [0.1, 0.15) is 5.41 Å². The smallest absolute Gasteiger partial charge is 0.234 e. The van der Waals surface area contributed by atoms with Crippen LogP contribution in [0.3, 0.4) is 0 Å². The molecule has 0 aliphatic carbocycles. The van der Waals surface area contributed by atoms with Crippen molar-refractivity contribution in [2.45, 2.75) is 37.2 Å². The molecule has 2 aromatic carbocycles. The first kappa shape index (κ1) is 19.1. The van der Waals surface area contributed by atoms with Crippen molar-refractivity contribution < 1.29 is 19.4 Å². The third-order valence-electron chi connectivity index (χ3n) is 6.43. The number of carbonyl (C=O) groups excluding carboxylic acids is 1. The van der Waals surface area contributed by atoms with Crippen LogP contribution >= 0.6 is 0 Å². The number of likely N-dealkylation sites (N-methyl/N-ethyl adjacent to an activating group) is 1. The Kier molecular flexibility index (Phi) is 4.57. The van der Waals surface area contributed by atoms with Gasteiger partial charge in [0, 0.05) is 26.1 Å². The number of carbonyl (C=O) groups is 1. The van der Waals surface area contributed by atoms with Gasteiger partial charge in [0.2, 0.25) is 11.7 Å². The molecular weight excluding hydrogens is 354 g/mol. The molecule has 0 bridgehead atoms. The Hall–Kier alpha value is -2.21. The molecule has 2 fully saturated rings. The summed E-state index contributed by atoms with van der Waals surface area (Å²) in [5.74, 6) is -1.81. The summed E-state index contributed by atoms with van der Waals surface area (Å²) < 4.78 is 11.8. The van der Waals surface area contributed by atoms with Crippen LogP contribution in [0.1, 0.15) is 30.9 Å². The molecule has 5 nitrogen and oxygen atoms in total. The van der Waals surface area contributed by atoms with E-state index in [0.717, 1.165) is 5.56 Å². The first-order chi connectivity index (χ1) is 13.4. The Morgan fingerprint density at radius 1 is 1.11 bits per heavy atom. The highest BCUT2D eigenvalue weighted by atomic mass is 16.6. The van der Waals surface area contributed by atoms with Crippen LogP contribution in [-0.2, 0) is 25.7 Å². The van der Waals surface area contributed by atoms with Gasteiger partial charge in [-0.1, -0.05) is 60.7 Å². The monoisotopic (exact) mass is 381 g/mol. The zero-order valence-corrected chi connectivity index (χ0v) is 16.6. The van der Waals surface area contributed by atoms with Crippen LogP contribution in [0.15, 0.2) is 60.7 Å². The molecule has 2 aromatic rings. The number of likely N-dealkylation sites (tertiary alicyclic amines) is 1. The number of hydrogen-bond acceptors (Lipinski definition) is 4. The maximum absolute atomic E-state index is 13.6. The number of benzene rings is 2. The molecule has 1 amide bonds. The van der Waals surface area contributed by atoms with Crippen molar-refractivity contribution in [1.82, 2.24) is 4.90 Å². The second kappa shape index (κ2) is 6.69. The van der Waals surface area contributed by atoms with Gasteiger partial charge in [0.25, 0.3) is 0 Å². The summed E-state index contributed by atoms with van der Waals surface area (Å²) in [6, 6.07) is 19.0. The van der Waals surface area contributed by atoms with Gasteiger partial charge in [-0.15, -0.1) is 0 Å². The number of ether oxygens (including phenoxy) is 2. The SMILES string of the molecule is COC[C@@H]1CC2(CC(C)(c3ccccc3)OC2(O)c2ccccc2)C(=O)N1C. The molecular formula is C23H27NO4. The minimum absolute atomic E-state index is 0.0967. The lowest BCUT2D eigenvalue weighted by atomic mass is 9.69. The van der Waals surface area contributed by atoms with Crippen molar-refractivity contribution in [3.05, 3.63) is 71.8 Å². The zero-order chi connectivity index (χ0) is 20.0. The fraction of sp³-hybridized carbons (Fsp3) is 0.435. The van der Waals surface area contributed by atoms with Gasteiger partial charge in [-0.2, -0.15) is 0 Å². The summed E-state index contributed by atoms with van der Waals surface area (Å²) in [7, 11) is 3.41. The van der Waals surface area contributed by atoms with E-state index in [4.69, 9.17) is 9.47 Å². The van der Waals surface area contributed by atoms with E-state index in [-0.39, 0.29) is 11.9 Å². The fourth-order valence-corrected chi connectivity index (χ4v) is 5.03. The van der Waals surface area contributed by atoms with E-state index < -0.39 is 16.8 Å². The Balaban J connectivity index is 1.86. The Bertz CT molecular complexity index is 857. The van der Waals surface area contributed by atoms with Crippen LogP contribution in [0.5, 0.6) is 0 Å². The average Bonchev–Trinajstić information content (AvgIpc) is 3.10. The third kappa shape index (κ3) is 2.61. The second-order valence-electron chi connectivity index (χ2n) is 8.20. The molecule has 2 aliphatic heterocycles. The highest BCUT2D eigenvalue weighted by Gasteiger charge is 2.71. The minimum atomic E-state index is -1.72. The van der Waals surface area contributed by atoms with Crippen LogP contribution in [-0.4, -0.2) is 42.7 Å². The summed E-state index contributed by atoms with van der Waals surface area (Å²) in [4.78, 5) is 15.3. The topological polar surface area (TPSA) is 59.0 Å². The largest absolute Gasteiger partial charge is 0.383 e. The highest BCUT2D eigenvalue weighted by Crippen LogP contribution is 2.63. The van der Waals surface area contributed by atoms with Crippen molar-refractivity contribution in [3.63, 3.8) is 0 Å². The molecule has 28 heavy (non-hydrogen) atoms. The number of methoxy groups -OCH3 is 1. The predicted molar refractivity (Wildman–Crippen MR) is 105 cm³/mol. The molecule has 1 N–H and O–H groups in total. The predicted octanol–water partition coefficient (Wildman–Crippen LogP) is 3.03. The molecule has 4 rings (SSSR count). The summed E-state index contributed by atoms with van der Waals surface area (Å²) in [6.07, 6.45) is 0.878. The lowest BCUT2D eigenvalue weighted by Gasteiger charge is -2.36. The summed E-state index contributed by atoms with van der Waals surface area (Å²) in [5.41, 5.74) is -0.303. The van der Waals surface area contributed by atoms with Gasteiger partial charge in [-0.25, -0.2) is 0 Å². The minimum Gasteiger partial charge on any atom is -0.383 e. The van der Waals surface area contributed by atoms with E-state index in [1.165, 1.54) is 0 Å². The Labute approximate surface area is 165 Å². The van der Waals surface area contributed by atoms with Crippen LogP contribution < -0.4 is 0 Å². The summed E-state index contributed by atoms with van der Waals surface area (Å²) >= 11 is 0. The first-order valence-electron chi connectivity index (χ1n) is 9.66. The molecule has 1 spiro atoms. The van der Waals surface area contributed by atoms with Crippen molar-refractivity contribution in [3.8, 4) is 0 Å². The van der Waals surface area contributed by atoms with Crippen molar-refractivity contribution >= 4 is 5.91 Å². The number of rotatable bonds is 4. The second-order valence-corrected chi connectivity index (χ2v) is 8.20. The average molecular weight is 381 g/mol. The van der Waals surface area contributed by atoms with Crippen molar-refractivity contribution in [2.75, 3.05) is 20.8 Å².